The standard InChI is InChI=1S/C25H34FN3O4S/c1-5-7-15-27-25(31)22(6-2)28(17-20-12-10-11-19(3)16-20)24(30)18-29(34(4,32)33)23-14-9-8-13-21(23)26/h8-14,16,22H,5-7,15,17-18H2,1-4H3,(H,27,31)/t22-/m0/s1. The third-order valence-electron chi connectivity index (χ3n) is 5.45. The fourth-order valence-corrected chi connectivity index (χ4v) is 4.53. The van der Waals surface area contributed by atoms with Gasteiger partial charge in [-0.3, -0.25) is 13.9 Å². The SMILES string of the molecule is CCCCNC(=O)[C@H](CC)N(Cc1cccc(C)c1)C(=O)CN(c1ccccc1F)S(C)(=O)=O. The molecule has 1 N–H and O–H groups in total. The number of anilines is 1. The van der Waals surface area contributed by atoms with Gasteiger partial charge in [-0.25, -0.2) is 12.8 Å². The molecule has 0 spiro atoms. The Hall–Kier alpha value is -2.94. The van der Waals surface area contributed by atoms with Gasteiger partial charge in [-0.1, -0.05) is 62.2 Å². The van der Waals surface area contributed by atoms with Gasteiger partial charge < -0.3 is 10.2 Å². The molecule has 1 atom stereocenters. The first-order valence-corrected chi connectivity index (χ1v) is 13.3. The van der Waals surface area contributed by atoms with Crippen LogP contribution in [-0.2, 0) is 26.2 Å². The number of rotatable bonds is 12. The number of carbonyl (C=O) groups excluding carboxylic acids is 2. The van der Waals surface area contributed by atoms with Gasteiger partial charge in [0.1, 0.15) is 18.4 Å². The summed E-state index contributed by atoms with van der Waals surface area (Å²) in [5.41, 5.74) is 1.59. The molecular weight excluding hydrogens is 457 g/mol. The van der Waals surface area contributed by atoms with Crippen LogP contribution in [-0.4, -0.2) is 50.5 Å². The second kappa shape index (κ2) is 12.5. The summed E-state index contributed by atoms with van der Waals surface area (Å²) in [5, 5.41) is 2.87. The molecule has 0 heterocycles. The molecule has 2 amide bonds. The number of nitrogens with one attached hydrogen (secondary N) is 1. The number of unbranched alkanes of at least 4 members (excludes halogenated alkanes) is 1. The number of halogens is 1. The fourth-order valence-electron chi connectivity index (χ4n) is 3.68. The largest absolute Gasteiger partial charge is 0.354 e. The van der Waals surface area contributed by atoms with Crippen molar-refractivity contribution in [3.05, 3.63) is 65.5 Å². The van der Waals surface area contributed by atoms with Gasteiger partial charge in [-0.05, 0) is 37.5 Å². The first kappa shape index (κ1) is 27.3. The molecule has 2 aromatic carbocycles. The molecule has 7 nitrogen and oxygen atoms in total. The van der Waals surface area contributed by atoms with Gasteiger partial charge >= 0.3 is 0 Å². The van der Waals surface area contributed by atoms with E-state index in [1.807, 2.05) is 38.1 Å². The van der Waals surface area contributed by atoms with Crippen molar-refractivity contribution in [2.24, 2.45) is 0 Å². The molecule has 0 bridgehead atoms. The molecular formula is C25H34FN3O4S. The summed E-state index contributed by atoms with van der Waals surface area (Å²) in [7, 11) is -3.97. The molecule has 0 aliphatic rings. The molecule has 2 rings (SSSR count). The lowest BCUT2D eigenvalue weighted by Gasteiger charge is -2.33. The van der Waals surface area contributed by atoms with Crippen LogP contribution in [0.2, 0.25) is 0 Å². The molecule has 0 fully saturated rings. The van der Waals surface area contributed by atoms with Gasteiger partial charge in [-0.2, -0.15) is 0 Å². The third kappa shape index (κ3) is 7.55. The molecule has 0 saturated heterocycles. The molecule has 0 saturated carbocycles. The van der Waals surface area contributed by atoms with Crippen LogP contribution < -0.4 is 9.62 Å². The Bertz CT molecular complexity index is 1090. The number of nitrogens with zero attached hydrogens (tertiary/aromatic N) is 2. The average molecular weight is 492 g/mol. The van der Waals surface area contributed by atoms with Crippen molar-refractivity contribution in [1.29, 1.82) is 0 Å². The van der Waals surface area contributed by atoms with E-state index in [2.05, 4.69) is 5.32 Å². The van der Waals surface area contributed by atoms with Gasteiger partial charge in [0.25, 0.3) is 0 Å². The number of benzene rings is 2. The van der Waals surface area contributed by atoms with Crippen LogP contribution in [0.4, 0.5) is 10.1 Å². The first-order chi connectivity index (χ1) is 16.1. The molecule has 0 aliphatic carbocycles. The first-order valence-electron chi connectivity index (χ1n) is 11.4. The van der Waals surface area contributed by atoms with Crippen LogP contribution in [0.5, 0.6) is 0 Å². The molecule has 34 heavy (non-hydrogen) atoms. The second-order valence-corrected chi connectivity index (χ2v) is 10.2. The normalized spacial score (nSPS) is 12.1. The van der Waals surface area contributed by atoms with Crippen LogP contribution in [0.25, 0.3) is 0 Å². The number of amides is 2. The zero-order valence-corrected chi connectivity index (χ0v) is 21.1. The molecule has 0 radical (unpaired) electrons. The topological polar surface area (TPSA) is 86.8 Å². The van der Waals surface area contributed by atoms with Crippen LogP contribution in [0, 0.1) is 12.7 Å². The summed E-state index contributed by atoms with van der Waals surface area (Å²) in [6, 6.07) is 12.1. The van der Waals surface area contributed by atoms with Crippen molar-refractivity contribution in [3.63, 3.8) is 0 Å². The van der Waals surface area contributed by atoms with E-state index in [0.717, 1.165) is 40.6 Å². The quantitative estimate of drug-likeness (QED) is 0.460. The van der Waals surface area contributed by atoms with Gasteiger partial charge in [0, 0.05) is 13.1 Å². The number of hydrogen-bond donors (Lipinski definition) is 1. The van der Waals surface area contributed by atoms with E-state index in [-0.39, 0.29) is 18.1 Å². The summed E-state index contributed by atoms with van der Waals surface area (Å²) in [5.74, 6) is -1.64. The van der Waals surface area contributed by atoms with Crippen molar-refractivity contribution in [1.82, 2.24) is 10.2 Å². The Labute approximate surface area is 202 Å². The molecule has 186 valence electrons. The Morgan fingerprint density at radius 2 is 1.79 bits per heavy atom. The summed E-state index contributed by atoms with van der Waals surface area (Å²) >= 11 is 0. The van der Waals surface area contributed by atoms with E-state index in [1.165, 1.54) is 23.1 Å². The van der Waals surface area contributed by atoms with Crippen LogP contribution >= 0.6 is 0 Å². The van der Waals surface area contributed by atoms with E-state index in [4.69, 9.17) is 0 Å². The summed E-state index contributed by atoms with van der Waals surface area (Å²) < 4.78 is 40.2. The summed E-state index contributed by atoms with van der Waals surface area (Å²) in [4.78, 5) is 27.9. The van der Waals surface area contributed by atoms with Crippen molar-refractivity contribution < 1.29 is 22.4 Å². The molecule has 0 unspecified atom stereocenters. The van der Waals surface area contributed by atoms with Crippen molar-refractivity contribution >= 4 is 27.5 Å². The minimum atomic E-state index is -3.97. The van der Waals surface area contributed by atoms with Gasteiger partial charge in [0.15, 0.2) is 0 Å². The minimum absolute atomic E-state index is 0.120. The number of carbonyl (C=O) groups is 2. The number of para-hydroxylation sites is 1. The Morgan fingerprint density at radius 1 is 1.09 bits per heavy atom. The third-order valence-corrected chi connectivity index (χ3v) is 6.58. The smallest absolute Gasteiger partial charge is 0.244 e. The van der Waals surface area contributed by atoms with E-state index < -0.39 is 34.3 Å². The highest BCUT2D eigenvalue weighted by atomic mass is 32.2. The summed E-state index contributed by atoms with van der Waals surface area (Å²) in [6.07, 6.45) is 2.98. The lowest BCUT2D eigenvalue weighted by molar-refractivity contribution is -0.140. The Kier molecular flexibility index (Phi) is 10.0. The van der Waals surface area contributed by atoms with Gasteiger partial charge in [-0.15, -0.1) is 0 Å². The van der Waals surface area contributed by atoms with E-state index >= 15 is 0 Å². The highest BCUT2D eigenvalue weighted by Crippen LogP contribution is 2.22. The maximum absolute atomic E-state index is 14.4. The lowest BCUT2D eigenvalue weighted by atomic mass is 10.1. The second-order valence-electron chi connectivity index (χ2n) is 8.30. The van der Waals surface area contributed by atoms with E-state index in [9.17, 15) is 22.4 Å². The lowest BCUT2D eigenvalue weighted by Crippen LogP contribution is -2.52. The maximum atomic E-state index is 14.4. The van der Waals surface area contributed by atoms with Gasteiger partial charge in [0.2, 0.25) is 21.8 Å². The fraction of sp³-hybridized carbons (Fsp3) is 0.440. The predicted molar refractivity (Wildman–Crippen MR) is 132 cm³/mol. The van der Waals surface area contributed by atoms with E-state index in [1.54, 1.807) is 6.92 Å². The average Bonchev–Trinajstić information content (AvgIpc) is 2.77. The van der Waals surface area contributed by atoms with Crippen molar-refractivity contribution in [3.8, 4) is 0 Å². The van der Waals surface area contributed by atoms with E-state index in [0.29, 0.717) is 13.0 Å². The van der Waals surface area contributed by atoms with Crippen molar-refractivity contribution in [2.75, 3.05) is 23.7 Å². The number of aryl methyl sites for hydroxylation is 1. The highest BCUT2D eigenvalue weighted by molar-refractivity contribution is 7.92. The molecule has 0 aliphatic heterocycles. The van der Waals surface area contributed by atoms with Crippen LogP contribution in [0.15, 0.2) is 48.5 Å². The summed E-state index contributed by atoms with van der Waals surface area (Å²) in [6.45, 7) is 5.72. The Balaban J connectivity index is 2.41. The maximum Gasteiger partial charge on any atom is 0.244 e. The zero-order valence-electron chi connectivity index (χ0n) is 20.3. The minimum Gasteiger partial charge on any atom is -0.354 e. The van der Waals surface area contributed by atoms with Gasteiger partial charge in [0.05, 0.1) is 11.9 Å². The van der Waals surface area contributed by atoms with Crippen molar-refractivity contribution in [2.45, 2.75) is 52.6 Å². The number of sulfonamides is 1. The highest BCUT2D eigenvalue weighted by Gasteiger charge is 2.32. The predicted octanol–water partition coefficient (Wildman–Crippen LogP) is 3.62. The zero-order chi connectivity index (χ0) is 25.3. The van der Waals surface area contributed by atoms with Crippen LogP contribution in [0.1, 0.15) is 44.2 Å². The molecule has 9 heteroatoms. The number of hydrogen-bond acceptors (Lipinski definition) is 4. The monoisotopic (exact) mass is 491 g/mol. The molecule has 2 aromatic rings. The Morgan fingerprint density at radius 3 is 2.38 bits per heavy atom. The molecule has 0 aromatic heterocycles. The van der Waals surface area contributed by atoms with Crippen LogP contribution in [0.3, 0.4) is 0 Å².